The minimum Gasteiger partial charge on any atom is -0.489 e. The molecule has 0 saturated heterocycles. The van der Waals surface area contributed by atoms with Gasteiger partial charge >= 0.3 is 5.97 Å². The molecule has 0 fully saturated rings. The van der Waals surface area contributed by atoms with Crippen molar-refractivity contribution in [1.82, 2.24) is 4.98 Å². The van der Waals surface area contributed by atoms with Crippen LogP contribution in [-0.2, 0) is 4.79 Å². The average Bonchev–Trinajstić information content (AvgIpc) is 2.15. The second kappa shape index (κ2) is 5.70. The number of carboxylic acid groups (broad SMARTS) is 1. The van der Waals surface area contributed by atoms with Crippen LogP contribution in [0.3, 0.4) is 0 Å². The van der Waals surface area contributed by atoms with Crippen molar-refractivity contribution in [2.75, 3.05) is 0 Å². The number of hydrogen-bond donors (Lipinski definition) is 1. The zero-order chi connectivity index (χ0) is 11.3. The number of ether oxygens (including phenoxy) is 1. The molecule has 0 aliphatic rings. The van der Waals surface area contributed by atoms with Crippen molar-refractivity contribution < 1.29 is 14.6 Å². The van der Waals surface area contributed by atoms with Crippen molar-refractivity contribution >= 4 is 21.9 Å². The number of aliphatic carboxylic acids is 1. The first-order chi connectivity index (χ1) is 7.08. The molecule has 4 nitrogen and oxygen atoms in total. The normalized spacial score (nSPS) is 12.1. The minimum atomic E-state index is -0.808. The number of hydrogen-bond acceptors (Lipinski definition) is 3. The van der Waals surface area contributed by atoms with E-state index in [1.54, 1.807) is 18.5 Å². The third-order valence-corrected chi connectivity index (χ3v) is 2.22. The van der Waals surface area contributed by atoms with E-state index in [9.17, 15) is 4.79 Å². The van der Waals surface area contributed by atoms with Crippen LogP contribution >= 0.6 is 15.9 Å². The quantitative estimate of drug-likeness (QED) is 0.896. The minimum absolute atomic E-state index is 0.114. The highest BCUT2D eigenvalue weighted by atomic mass is 79.9. The van der Waals surface area contributed by atoms with E-state index in [1.807, 2.05) is 6.92 Å². The molecule has 0 saturated carbocycles. The van der Waals surface area contributed by atoms with Crippen molar-refractivity contribution in [1.29, 1.82) is 0 Å². The molecule has 1 heterocycles. The van der Waals surface area contributed by atoms with E-state index in [-0.39, 0.29) is 12.5 Å². The summed E-state index contributed by atoms with van der Waals surface area (Å²) in [5.74, 6) is -0.167. The molecule has 15 heavy (non-hydrogen) atoms. The third kappa shape index (κ3) is 4.78. The fourth-order valence-corrected chi connectivity index (χ4v) is 1.42. The zero-order valence-corrected chi connectivity index (χ0v) is 9.90. The van der Waals surface area contributed by atoms with Crippen LogP contribution in [0.25, 0.3) is 0 Å². The Bertz CT molecular complexity index is 343. The standard InChI is InChI=1S/C10H12BrNO3/c1-7(2-3-10(13)14)15-9-4-8(11)5-12-6-9/h4-7H,2-3H2,1H3,(H,13,14). The summed E-state index contributed by atoms with van der Waals surface area (Å²) < 4.78 is 6.33. The van der Waals surface area contributed by atoms with E-state index in [4.69, 9.17) is 9.84 Å². The fraction of sp³-hybridized carbons (Fsp3) is 0.400. The molecule has 1 atom stereocenters. The summed E-state index contributed by atoms with van der Waals surface area (Å²) in [6.45, 7) is 1.84. The lowest BCUT2D eigenvalue weighted by Gasteiger charge is -2.13. The van der Waals surface area contributed by atoms with Crippen LogP contribution < -0.4 is 4.74 Å². The molecule has 0 aliphatic carbocycles. The predicted molar refractivity (Wildman–Crippen MR) is 58.9 cm³/mol. The summed E-state index contributed by atoms with van der Waals surface area (Å²) >= 11 is 3.28. The first-order valence-electron chi connectivity index (χ1n) is 4.57. The van der Waals surface area contributed by atoms with Crippen LogP contribution in [0.1, 0.15) is 19.8 Å². The average molecular weight is 274 g/mol. The van der Waals surface area contributed by atoms with Gasteiger partial charge in [-0.25, -0.2) is 0 Å². The van der Waals surface area contributed by atoms with Gasteiger partial charge in [-0.2, -0.15) is 0 Å². The lowest BCUT2D eigenvalue weighted by atomic mass is 10.2. The maximum absolute atomic E-state index is 10.3. The Morgan fingerprint density at radius 1 is 1.67 bits per heavy atom. The molecule has 0 aromatic carbocycles. The van der Waals surface area contributed by atoms with E-state index in [0.29, 0.717) is 12.2 Å². The van der Waals surface area contributed by atoms with Crippen LogP contribution in [0.15, 0.2) is 22.9 Å². The Labute approximate surface area is 96.4 Å². The molecular formula is C10H12BrNO3. The monoisotopic (exact) mass is 273 g/mol. The first kappa shape index (κ1) is 12.0. The highest BCUT2D eigenvalue weighted by Crippen LogP contribution is 2.18. The Hall–Kier alpha value is -1.10. The van der Waals surface area contributed by atoms with Crippen LogP contribution in [-0.4, -0.2) is 22.2 Å². The molecule has 0 spiro atoms. The van der Waals surface area contributed by atoms with Gasteiger partial charge in [0, 0.05) is 17.1 Å². The Morgan fingerprint density at radius 3 is 3.00 bits per heavy atom. The van der Waals surface area contributed by atoms with Crippen LogP contribution in [0.4, 0.5) is 0 Å². The third-order valence-electron chi connectivity index (χ3n) is 1.78. The maximum Gasteiger partial charge on any atom is 0.303 e. The van der Waals surface area contributed by atoms with E-state index < -0.39 is 5.97 Å². The van der Waals surface area contributed by atoms with Crippen LogP contribution in [0, 0.1) is 0 Å². The number of carbonyl (C=O) groups is 1. The largest absolute Gasteiger partial charge is 0.489 e. The number of rotatable bonds is 5. The van der Waals surface area contributed by atoms with Gasteiger partial charge in [0.1, 0.15) is 5.75 Å². The summed E-state index contributed by atoms with van der Waals surface area (Å²) in [5.41, 5.74) is 0. The molecule has 5 heteroatoms. The predicted octanol–water partition coefficient (Wildman–Crippen LogP) is 2.48. The summed E-state index contributed by atoms with van der Waals surface area (Å²) in [5, 5.41) is 8.50. The number of aromatic nitrogens is 1. The van der Waals surface area contributed by atoms with E-state index in [2.05, 4.69) is 20.9 Å². The van der Waals surface area contributed by atoms with Gasteiger partial charge in [-0.3, -0.25) is 9.78 Å². The van der Waals surface area contributed by atoms with Crippen molar-refractivity contribution in [3.63, 3.8) is 0 Å². The number of carboxylic acids is 1. The van der Waals surface area contributed by atoms with Gasteiger partial charge in [0.05, 0.1) is 12.3 Å². The molecule has 0 bridgehead atoms. The van der Waals surface area contributed by atoms with Crippen molar-refractivity contribution in [3.05, 3.63) is 22.9 Å². The molecular weight excluding hydrogens is 262 g/mol. The van der Waals surface area contributed by atoms with Crippen molar-refractivity contribution in [3.8, 4) is 5.75 Å². The fourth-order valence-electron chi connectivity index (χ4n) is 1.07. The van der Waals surface area contributed by atoms with E-state index in [0.717, 1.165) is 4.47 Å². The number of pyridine rings is 1. The van der Waals surface area contributed by atoms with Gasteiger partial charge in [0.25, 0.3) is 0 Å². The molecule has 1 aromatic heterocycles. The first-order valence-corrected chi connectivity index (χ1v) is 5.36. The molecule has 1 rings (SSSR count). The Balaban J connectivity index is 2.44. The molecule has 0 radical (unpaired) electrons. The van der Waals surface area contributed by atoms with Gasteiger partial charge in [0.15, 0.2) is 0 Å². The molecule has 0 aliphatic heterocycles. The highest BCUT2D eigenvalue weighted by Gasteiger charge is 2.07. The van der Waals surface area contributed by atoms with Gasteiger partial charge in [-0.1, -0.05) is 0 Å². The number of halogens is 1. The summed E-state index contributed by atoms with van der Waals surface area (Å²) in [6.07, 6.45) is 3.73. The second-order valence-corrected chi connectivity index (χ2v) is 4.12. The summed E-state index contributed by atoms with van der Waals surface area (Å²) in [4.78, 5) is 14.3. The topological polar surface area (TPSA) is 59.4 Å². The summed E-state index contributed by atoms with van der Waals surface area (Å²) in [7, 11) is 0. The molecule has 1 aromatic rings. The van der Waals surface area contributed by atoms with Gasteiger partial charge < -0.3 is 9.84 Å². The van der Waals surface area contributed by atoms with Gasteiger partial charge in [0.2, 0.25) is 0 Å². The lowest BCUT2D eigenvalue weighted by Crippen LogP contribution is -2.13. The zero-order valence-electron chi connectivity index (χ0n) is 8.31. The summed E-state index contributed by atoms with van der Waals surface area (Å²) in [6, 6.07) is 1.80. The van der Waals surface area contributed by atoms with Crippen molar-refractivity contribution in [2.24, 2.45) is 0 Å². The lowest BCUT2D eigenvalue weighted by molar-refractivity contribution is -0.137. The SMILES string of the molecule is CC(CCC(=O)O)Oc1cncc(Br)c1. The van der Waals surface area contributed by atoms with Crippen LogP contribution in [0.5, 0.6) is 5.75 Å². The molecule has 82 valence electrons. The van der Waals surface area contributed by atoms with Gasteiger partial charge in [-0.05, 0) is 35.3 Å². The van der Waals surface area contributed by atoms with Crippen LogP contribution in [0.2, 0.25) is 0 Å². The Morgan fingerprint density at radius 2 is 2.40 bits per heavy atom. The van der Waals surface area contributed by atoms with E-state index in [1.165, 1.54) is 0 Å². The molecule has 0 amide bonds. The van der Waals surface area contributed by atoms with E-state index >= 15 is 0 Å². The molecule has 1 N–H and O–H groups in total. The van der Waals surface area contributed by atoms with Gasteiger partial charge in [-0.15, -0.1) is 0 Å². The number of nitrogens with zero attached hydrogens (tertiary/aromatic N) is 1. The second-order valence-electron chi connectivity index (χ2n) is 3.20. The highest BCUT2D eigenvalue weighted by molar-refractivity contribution is 9.10. The Kier molecular flexibility index (Phi) is 4.55. The maximum atomic E-state index is 10.3. The van der Waals surface area contributed by atoms with Crippen molar-refractivity contribution in [2.45, 2.75) is 25.9 Å². The smallest absolute Gasteiger partial charge is 0.303 e. The molecule has 1 unspecified atom stereocenters.